The topological polar surface area (TPSA) is 98.5 Å². The number of nitrogens with zero attached hydrogens (tertiary/aromatic N) is 3. The number of rotatable bonds is 2. The van der Waals surface area contributed by atoms with Gasteiger partial charge in [-0.25, -0.2) is 0 Å². The monoisotopic (exact) mass is 173 g/mol. The summed E-state index contributed by atoms with van der Waals surface area (Å²) in [6.45, 7) is 1.82. The van der Waals surface area contributed by atoms with Gasteiger partial charge in [0.1, 0.15) is 12.2 Å². The molecule has 0 saturated carbocycles. The molecule has 4 atom stereocenters. The van der Waals surface area contributed by atoms with Crippen LogP contribution < -0.4 is 0 Å². The normalized spacial score (nSPS) is 40.9. The minimum Gasteiger partial charge on any atom is -0.388 e. The molecule has 6 nitrogen and oxygen atoms in total. The highest BCUT2D eigenvalue weighted by Crippen LogP contribution is 2.23. The first-order valence-corrected chi connectivity index (χ1v) is 3.76. The van der Waals surface area contributed by atoms with Gasteiger partial charge < -0.3 is 14.9 Å². The van der Waals surface area contributed by atoms with Crippen molar-refractivity contribution in [2.24, 2.45) is 5.11 Å². The van der Waals surface area contributed by atoms with Crippen molar-refractivity contribution in [1.29, 1.82) is 0 Å². The largest absolute Gasteiger partial charge is 0.388 e. The average Bonchev–Trinajstić information content (AvgIpc) is 2.33. The molecular weight excluding hydrogens is 162 g/mol. The standard InChI is InChI=1S/C6H11N3O3/c1-2-3-4(10)5(11)6(12-3)8-9-7/h3-6,10-11H,2H2,1H3/t3-,4-,5?,6?/m1/s1. The predicted molar refractivity (Wildman–Crippen MR) is 40.1 cm³/mol. The van der Waals surface area contributed by atoms with Gasteiger partial charge in [0.15, 0.2) is 6.23 Å². The minimum atomic E-state index is -1.11. The van der Waals surface area contributed by atoms with Gasteiger partial charge in [-0.1, -0.05) is 12.0 Å². The van der Waals surface area contributed by atoms with Gasteiger partial charge >= 0.3 is 0 Å². The number of hydrogen-bond acceptors (Lipinski definition) is 4. The molecule has 12 heavy (non-hydrogen) atoms. The Hall–Kier alpha value is -0.810. The molecule has 1 aliphatic rings. The molecule has 0 spiro atoms. The lowest BCUT2D eigenvalue weighted by Gasteiger charge is -2.10. The van der Waals surface area contributed by atoms with Crippen LogP contribution in [-0.2, 0) is 4.74 Å². The van der Waals surface area contributed by atoms with E-state index in [4.69, 9.17) is 10.3 Å². The summed E-state index contributed by atoms with van der Waals surface area (Å²) < 4.78 is 5.06. The molecule has 1 fully saturated rings. The third kappa shape index (κ3) is 1.51. The highest BCUT2D eigenvalue weighted by Gasteiger charge is 2.40. The predicted octanol–water partition coefficient (Wildman–Crippen LogP) is 0.153. The van der Waals surface area contributed by atoms with E-state index in [9.17, 15) is 10.2 Å². The van der Waals surface area contributed by atoms with Crippen LogP contribution in [0.5, 0.6) is 0 Å². The molecular formula is C6H11N3O3. The van der Waals surface area contributed by atoms with Gasteiger partial charge in [-0.05, 0) is 12.0 Å². The van der Waals surface area contributed by atoms with Crippen LogP contribution in [0.25, 0.3) is 10.4 Å². The van der Waals surface area contributed by atoms with Crippen LogP contribution in [0.3, 0.4) is 0 Å². The molecule has 1 saturated heterocycles. The van der Waals surface area contributed by atoms with E-state index < -0.39 is 24.5 Å². The van der Waals surface area contributed by atoms with Gasteiger partial charge in [-0.2, -0.15) is 0 Å². The lowest BCUT2D eigenvalue weighted by Crippen LogP contribution is -2.31. The SMILES string of the molecule is CC[C@H]1OC(N=[N+]=[N-])C(O)[C@@H]1O. The maximum absolute atomic E-state index is 9.30. The summed E-state index contributed by atoms with van der Waals surface area (Å²) in [4.78, 5) is 2.50. The van der Waals surface area contributed by atoms with Crippen LogP contribution >= 0.6 is 0 Å². The number of aliphatic hydroxyl groups is 2. The Morgan fingerprint density at radius 1 is 1.50 bits per heavy atom. The van der Waals surface area contributed by atoms with Crippen molar-refractivity contribution in [1.82, 2.24) is 0 Å². The second-order valence-electron chi connectivity index (χ2n) is 2.66. The Morgan fingerprint density at radius 3 is 2.58 bits per heavy atom. The van der Waals surface area contributed by atoms with Crippen molar-refractivity contribution >= 4 is 0 Å². The van der Waals surface area contributed by atoms with Crippen LogP contribution in [0.1, 0.15) is 13.3 Å². The van der Waals surface area contributed by atoms with E-state index in [1.165, 1.54) is 0 Å². The van der Waals surface area contributed by atoms with E-state index in [1.807, 2.05) is 6.92 Å². The molecule has 0 amide bonds. The first-order valence-electron chi connectivity index (χ1n) is 3.76. The molecule has 1 aliphatic heterocycles. The number of ether oxygens (including phenoxy) is 1. The summed E-state index contributed by atoms with van der Waals surface area (Å²) in [5.74, 6) is 0. The van der Waals surface area contributed by atoms with E-state index in [0.717, 1.165) is 0 Å². The molecule has 0 radical (unpaired) electrons. The summed E-state index contributed by atoms with van der Waals surface area (Å²) in [7, 11) is 0. The summed E-state index contributed by atoms with van der Waals surface area (Å²) >= 11 is 0. The zero-order valence-corrected chi connectivity index (χ0v) is 6.66. The maximum atomic E-state index is 9.30. The van der Waals surface area contributed by atoms with Crippen LogP contribution in [0, 0.1) is 0 Å². The van der Waals surface area contributed by atoms with Crippen LogP contribution in [-0.4, -0.2) is 34.8 Å². The van der Waals surface area contributed by atoms with Crippen molar-refractivity contribution < 1.29 is 14.9 Å². The number of hydrogen-bond donors (Lipinski definition) is 2. The fourth-order valence-electron chi connectivity index (χ4n) is 1.21. The third-order valence-corrected chi connectivity index (χ3v) is 1.91. The number of aliphatic hydroxyl groups excluding tert-OH is 2. The fraction of sp³-hybridized carbons (Fsp3) is 1.00. The second-order valence-corrected chi connectivity index (χ2v) is 2.66. The Bertz CT molecular complexity index is 204. The van der Waals surface area contributed by atoms with Crippen LogP contribution in [0.4, 0.5) is 0 Å². The molecule has 1 heterocycles. The van der Waals surface area contributed by atoms with Gasteiger partial charge in [0.2, 0.25) is 0 Å². The highest BCUT2D eigenvalue weighted by atomic mass is 16.6. The zero-order chi connectivity index (χ0) is 9.14. The molecule has 1 rings (SSSR count). The van der Waals surface area contributed by atoms with E-state index >= 15 is 0 Å². The minimum absolute atomic E-state index is 0.435. The van der Waals surface area contributed by atoms with E-state index in [-0.39, 0.29) is 0 Å². The lowest BCUT2D eigenvalue weighted by molar-refractivity contribution is 0.0101. The molecule has 6 heteroatoms. The van der Waals surface area contributed by atoms with Gasteiger partial charge in [0.05, 0.1) is 6.10 Å². The number of azide groups is 1. The summed E-state index contributed by atoms with van der Waals surface area (Å²) in [5, 5.41) is 21.7. The Balaban J connectivity index is 2.66. The molecule has 0 aliphatic carbocycles. The molecule has 0 aromatic heterocycles. The van der Waals surface area contributed by atoms with E-state index in [2.05, 4.69) is 10.0 Å². The first-order chi connectivity index (χ1) is 5.70. The van der Waals surface area contributed by atoms with Crippen molar-refractivity contribution in [3.63, 3.8) is 0 Å². The summed E-state index contributed by atoms with van der Waals surface area (Å²) in [6.07, 6.45) is -2.86. The maximum Gasteiger partial charge on any atom is 0.165 e. The van der Waals surface area contributed by atoms with Gasteiger partial charge in [-0.15, -0.1) is 0 Å². The summed E-state index contributed by atoms with van der Waals surface area (Å²) in [6, 6.07) is 0. The lowest BCUT2D eigenvalue weighted by atomic mass is 10.1. The fourth-order valence-corrected chi connectivity index (χ4v) is 1.21. The smallest absolute Gasteiger partial charge is 0.165 e. The van der Waals surface area contributed by atoms with Gasteiger partial charge in [0, 0.05) is 4.91 Å². The van der Waals surface area contributed by atoms with Crippen LogP contribution in [0.2, 0.25) is 0 Å². The van der Waals surface area contributed by atoms with Gasteiger partial charge in [0.25, 0.3) is 0 Å². The molecule has 2 N–H and O–H groups in total. The van der Waals surface area contributed by atoms with Crippen molar-refractivity contribution in [3.05, 3.63) is 10.4 Å². The van der Waals surface area contributed by atoms with Crippen molar-refractivity contribution in [2.75, 3.05) is 0 Å². The van der Waals surface area contributed by atoms with Gasteiger partial charge in [-0.3, -0.25) is 0 Å². The third-order valence-electron chi connectivity index (χ3n) is 1.91. The summed E-state index contributed by atoms with van der Waals surface area (Å²) in [5.41, 5.74) is 8.08. The first kappa shape index (κ1) is 9.28. The molecule has 2 unspecified atom stereocenters. The molecule has 68 valence electrons. The Labute approximate surface area is 69.4 Å². The van der Waals surface area contributed by atoms with Crippen molar-refractivity contribution in [3.8, 4) is 0 Å². The van der Waals surface area contributed by atoms with Crippen LogP contribution in [0.15, 0.2) is 5.11 Å². The van der Waals surface area contributed by atoms with E-state index in [0.29, 0.717) is 6.42 Å². The quantitative estimate of drug-likeness (QED) is 0.353. The van der Waals surface area contributed by atoms with Crippen molar-refractivity contribution in [2.45, 2.75) is 37.9 Å². The molecule has 0 aromatic rings. The second kappa shape index (κ2) is 3.73. The highest BCUT2D eigenvalue weighted by molar-refractivity contribution is 4.88. The zero-order valence-electron chi connectivity index (χ0n) is 6.66. The molecule has 0 aromatic carbocycles. The Kier molecular flexibility index (Phi) is 2.88. The Morgan fingerprint density at radius 2 is 2.17 bits per heavy atom. The average molecular weight is 173 g/mol. The molecule has 0 bridgehead atoms. The van der Waals surface area contributed by atoms with E-state index in [1.54, 1.807) is 0 Å².